The Morgan fingerprint density at radius 3 is 2.73 bits per heavy atom. The highest BCUT2D eigenvalue weighted by Gasteiger charge is 2.46. The second-order valence-corrected chi connectivity index (χ2v) is 7.82. The molecule has 3 aromatic rings. The van der Waals surface area contributed by atoms with Crippen LogP contribution in [0.3, 0.4) is 0 Å². The zero-order valence-corrected chi connectivity index (χ0v) is 15.3. The van der Waals surface area contributed by atoms with Crippen molar-refractivity contribution < 1.29 is 4.42 Å². The van der Waals surface area contributed by atoms with E-state index < -0.39 is 0 Å². The minimum Gasteiger partial charge on any atom is -0.418 e. The molecule has 0 aromatic carbocycles. The molecule has 1 saturated carbocycles. The second-order valence-electron chi connectivity index (χ2n) is 7.43. The van der Waals surface area contributed by atoms with E-state index in [0.29, 0.717) is 28.5 Å². The number of anilines is 1. The standard InChI is InChI=1S/C17H18ClN7O/c1-17(16-23-22-15(26-16)11-6-24(2)9-19-11)7-25(8-17)13-5-12(18)20-14(21-13)10-3-4-10/h5-6,9-10H,3-4,7-8H2,1-2H3. The molecular formula is C17H18ClN7O. The molecule has 1 aliphatic carbocycles. The molecule has 0 atom stereocenters. The van der Waals surface area contributed by atoms with Crippen LogP contribution < -0.4 is 4.90 Å². The van der Waals surface area contributed by atoms with Crippen LogP contribution in [0.1, 0.15) is 37.4 Å². The smallest absolute Gasteiger partial charge is 0.267 e. The maximum Gasteiger partial charge on any atom is 0.267 e. The summed E-state index contributed by atoms with van der Waals surface area (Å²) in [5, 5.41) is 8.89. The molecule has 2 fully saturated rings. The second kappa shape index (κ2) is 5.51. The molecule has 3 aromatic heterocycles. The predicted molar refractivity (Wildman–Crippen MR) is 95.1 cm³/mol. The van der Waals surface area contributed by atoms with Gasteiger partial charge in [-0.15, -0.1) is 10.2 Å². The average molecular weight is 372 g/mol. The third kappa shape index (κ3) is 2.65. The van der Waals surface area contributed by atoms with Gasteiger partial charge in [-0.2, -0.15) is 0 Å². The molecule has 5 rings (SSSR count). The number of aromatic nitrogens is 6. The van der Waals surface area contributed by atoms with Crippen LogP contribution in [0, 0.1) is 0 Å². The molecular weight excluding hydrogens is 354 g/mol. The van der Waals surface area contributed by atoms with Crippen molar-refractivity contribution in [3.8, 4) is 11.6 Å². The maximum absolute atomic E-state index is 6.18. The highest BCUT2D eigenvalue weighted by molar-refractivity contribution is 6.29. The average Bonchev–Trinajstić information content (AvgIpc) is 3.15. The SMILES string of the molecule is Cn1cnc(-c2nnc(C3(C)CN(c4cc(Cl)nc(C5CC5)n4)C3)o2)c1. The zero-order valence-electron chi connectivity index (χ0n) is 14.6. The molecule has 2 aliphatic rings. The Labute approximate surface area is 155 Å². The number of hydrogen-bond acceptors (Lipinski definition) is 7. The molecule has 0 N–H and O–H groups in total. The Balaban J connectivity index is 1.35. The van der Waals surface area contributed by atoms with Crippen LogP contribution in [0.4, 0.5) is 5.82 Å². The summed E-state index contributed by atoms with van der Waals surface area (Å²) in [6.07, 6.45) is 5.86. The summed E-state index contributed by atoms with van der Waals surface area (Å²) < 4.78 is 7.74. The van der Waals surface area contributed by atoms with Crippen molar-refractivity contribution in [3.63, 3.8) is 0 Å². The van der Waals surface area contributed by atoms with Crippen LogP contribution >= 0.6 is 11.6 Å². The van der Waals surface area contributed by atoms with Gasteiger partial charge >= 0.3 is 0 Å². The van der Waals surface area contributed by atoms with Gasteiger partial charge in [0.25, 0.3) is 5.89 Å². The monoisotopic (exact) mass is 371 g/mol. The molecule has 4 heterocycles. The van der Waals surface area contributed by atoms with Gasteiger partial charge in [-0.25, -0.2) is 15.0 Å². The number of nitrogens with zero attached hydrogens (tertiary/aromatic N) is 7. The van der Waals surface area contributed by atoms with E-state index in [1.165, 1.54) is 0 Å². The van der Waals surface area contributed by atoms with Crippen molar-refractivity contribution in [3.05, 3.63) is 35.5 Å². The number of hydrogen-bond donors (Lipinski definition) is 0. The summed E-state index contributed by atoms with van der Waals surface area (Å²) in [6.45, 7) is 3.60. The van der Waals surface area contributed by atoms with Crippen molar-refractivity contribution >= 4 is 17.4 Å². The molecule has 0 unspecified atom stereocenters. The molecule has 26 heavy (non-hydrogen) atoms. The molecule has 0 spiro atoms. The Bertz CT molecular complexity index is 971. The highest BCUT2D eigenvalue weighted by atomic mass is 35.5. The number of halogens is 1. The predicted octanol–water partition coefficient (Wildman–Crippen LogP) is 2.57. The van der Waals surface area contributed by atoms with Crippen molar-refractivity contribution in [2.75, 3.05) is 18.0 Å². The largest absolute Gasteiger partial charge is 0.418 e. The van der Waals surface area contributed by atoms with E-state index in [0.717, 1.165) is 37.6 Å². The van der Waals surface area contributed by atoms with Gasteiger partial charge in [0.05, 0.1) is 11.7 Å². The molecule has 0 amide bonds. The minimum atomic E-state index is -0.211. The Hall–Kier alpha value is -2.48. The quantitative estimate of drug-likeness (QED) is 0.651. The molecule has 134 valence electrons. The highest BCUT2D eigenvalue weighted by Crippen LogP contribution is 2.41. The fourth-order valence-electron chi connectivity index (χ4n) is 3.30. The van der Waals surface area contributed by atoms with Gasteiger partial charge in [-0.05, 0) is 19.8 Å². The van der Waals surface area contributed by atoms with Crippen LogP contribution in [-0.4, -0.2) is 42.8 Å². The molecule has 0 radical (unpaired) electrons. The molecule has 1 saturated heterocycles. The van der Waals surface area contributed by atoms with E-state index in [2.05, 4.69) is 37.0 Å². The van der Waals surface area contributed by atoms with Crippen LogP contribution in [0.25, 0.3) is 11.6 Å². The minimum absolute atomic E-state index is 0.211. The van der Waals surface area contributed by atoms with Crippen molar-refractivity contribution in [2.24, 2.45) is 7.05 Å². The lowest BCUT2D eigenvalue weighted by atomic mass is 9.82. The van der Waals surface area contributed by atoms with Gasteiger partial charge in [-0.1, -0.05) is 11.6 Å². The third-order valence-electron chi connectivity index (χ3n) is 4.91. The molecule has 0 bridgehead atoms. The van der Waals surface area contributed by atoms with Gasteiger partial charge in [0, 0.05) is 38.3 Å². The summed E-state index contributed by atoms with van der Waals surface area (Å²) >= 11 is 6.18. The van der Waals surface area contributed by atoms with Crippen LogP contribution in [0.15, 0.2) is 23.0 Å². The van der Waals surface area contributed by atoms with Gasteiger partial charge in [0.2, 0.25) is 5.89 Å². The third-order valence-corrected chi connectivity index (χ3v) is 5.10. The topological polar surface area (TPSA) is 85.8 Å². The van der Waals surface area contributed by atoms with E-state index in [1.54, 1.807) is 6.33 Å². The Morgan fingerprint density at radius 2 is 2.04 bits per heavy atom. The van der Waals surface area contributed by atoms with E-state index in [9.17, 15) is 0 Å². The summed E-state index contributed by atoms with van der Waals surface area (Å²) in [7, 11) is 1.90. The summed E-state index contributed by atoms with van der Waals surface area (Å²) in [5.41, 5.74) is 0.472. The van der Waals surface area contributed by atoms with E-state index in [1.807, 2.05) is 23.9 Å². The number of aryl methyl sites for hydroxylation is 1. The normalized spacial score (nSPS) is 18.8. The van der Waals surface area contributed by atoms with Crippen molar-refractivity contribution in [2.45, 2.75) is 31.1 Å². The summed E-state index contributed by atoms with van der Waals surface area (Å²) in [5.74, 6) is 3.26. The first kappa shape index (κ1) is 15.7. The summed E-state index contributed by atoms with van der Waals surface area (Å²) in [4.78, 5) is 15.5. The van der Waals surface area contributed by atoms with Gasteiger partial charge in [-0.3, -0.25) is 0 Å². The first-order valence-corrected chi connectivity index (χ1v) is 9.00. The van der Waals surface area contributed by atoms with Gasteiger partial charge in [0.1, 0.15) is 22.5 Å². The van der Waals surface area contributed by atoms with E-state index >= 15 is 0 Å². The zero-order chi connectivity index (χ0) is 17.9. The van der Waals surface area contributed by atoms with Crippen molar-refractivity contribution in [1.82, 2.24) is 29.7 Å². The van der Waals surface area contributed by atoms with Crippen LogP contribution in [0.5, 0.6) is 0 Å². The maximum atomic E-state index is 6.18. The lowest BCUT2D eigenvalue weighted by Crippen LogP contribution is -2.58. The molecule has 9 heteroatoms. The molecule has 8 nitrogen and oxygen atoms in total. The van der Waals surface area contributed by atoms with Crippen LogP contribution in [0.2, 0.25) is 5.15 Å². The van der Waals surface area contributed by atoms with Crippen molar-refractivity contribution in [1.29, 1.82) is 0 Å². The molecule has 1 aliphatic heterocycles. The summed E-state index contributed by atoms with van der Waals surface area (Å²) in [6, 6.07) is 1.82. The first-order valence-electron chi connectivity index (χ1n) is 8.62. The van der Waals surface area contributed by atoms with Gasteiger partial charge in [0.15, 0.2) is 0 Å². The Kier molecular flexibility index (Phi) is 3.34. The number of rotatable bonds is 4. The first-order chi connectivity index (χ1) is 12.5. The van der Waals surface area contributed by atoms with Gasteiger partial charge < -0.3 is 13.9 Å². The fourth-order valence-corrected chi connectivity index (χ4v) is 3.48. The number of imidazole rings is 1. The fraction of sp³-hybridized carbons (Fsp3) is 0.471. The lowest BCUT2D eigenvalue weighted by molar-refractivity contribution is 0.283. The Morgan fingerprint density at radius 1 is 1.23 bits per heavy atom. The lowest BCUT2D eigenvalue weighted by Gasteiger charge is -2.46. The van der Waals surface area contributed by atoms with E-state index in [4.69, 9.17) is 16.0 Å². The van der Waals surface area contributed by atoms with Crippen LogP contribution in [-0.2, 0) is 12.5 Å². The van der Waals surface area contributed by atoms with E-state index in [-0.39, 0.29) is 5.41 Å².